The quantitative estimate of drug-likeness (QED) is 0.617. The van der Waals surface area contributed by atoms with Gasteiger partial charge in [-0.2, -0.15) is 14.9 Å². The van der Waals surface area contributed by atoms with Crippen LogP contribution in [0.25, 0.3) is 17.1 Å². The standard InChI is InChI=1S/C10H6N6O/c11-4-9-13-5-16(15-9)10-14-7-2-1-6(12)3-8(7)17-10/h1-3,5H,12H2. The molecule has 0 aliphatic rings. The Hall–Kier alpha value is -2.88. The monoisotopic (exact) mass is 226 g/mol. The Kier molecular flexibility index (Phi) is 1.82. The van der Waals surface area contributed by atoms with Crippen LogP contribution in [0, 0.1) is 11.3 Å². The topological polar surface area (TPSA) is 107 Å². The molecule has 17 heavy (non-hydrogen) atoms. The summed E-state index contributed by atoms with van der Waals surface area (Å²) in [5.74, 6) is 0.0618. The number of hydrogen-bond donors (Lipinski definition) is 1. The number of fused-ring (bicyclic) bond motifs is 1. The van der Waals surface area contributed by atoms with Gasteiger partial charge in [-0.15, -0.1) is 5.10 Å². The summed E-state index contributed by atoms with van der Waals surface area (Å²) in [4.78, 5) is 7.97. The van der Waals surface area contributed by atoms with E-state index in [1.165, 1.54) is 11.0 Å². The smallest absolute Gasteiger partial charge is 0.325 e. The third-order valence-electron chi connectivity index (χ3n) is 2.19. The zero-order chi connectivity index (χ0) is 11.8. The minimum atomic E-state index is 0.0618. The summed E-state index contributed by atoms with van der Waals surface area (Å²) >= 11 is 0. The van der Waals surface area contributed by atoms with Crippen molar-refractivity contribution in [2.75, 3.05) is 5.73 Å². The van der Waals surface area contributed by atoms with Crippen molar-refractivity contribution in [1.82, 2.24) is 19.7 Å². The zero-order valence-electron chi connectivity index (χ0n) is 8.53. The molecule has 0 fully saturated rings. The van der Waals surface area contributed by atoms with Crippen molar-refractivity contribution < 1.29 is 4.42 Å². The molecule has 3 aromatic rings. The van der Waals surface area contributed by atoms with E-state index in [0.717, 1.165) is 0 Å². The van der Waals surface area contributed by atoms with Crippen LogP contribution in [0.15, 0.2) is 28.9 Å². The SMILES string of the molecule is N#Cc1ncn(-c2nc3ccc(N)cc3o2)n1. The van der Waals surface area contributed by atoms with Crippen molar-refractivity contribution in [3.05, 3.63) is 30.4 Å². The molecule has 0 unspecified atom stereocenters. The maximum absolute atomic E-state index is 8.62. The minimum Gasteiger partial charge on any atom is -0.422 e. The molecule has 0 atom stereocenters. The second-order valence-electron chi connectivity index (χ2n) is 3.35. The van der Waals surface area contributed by atoms with E-state index in [2.05, 4.69) is 15.1 Å². The predicted molar refractivity (Wildman–Crippen MR) is 58.1 cm³/mol. The summed E-state index contributed by atoms with van der Waals surface area (Å²) in [7, 11) is 0. The van der Waals surface area contributed by atoms with Crippen molar-refractivity contribution in [3.8, 4) is 12.1 Å². The molecule has 0 aliphatic carbocycles. The lowest BCUT2D eigenvalue weighted by Crippen LogP contribution is -1.94. The van der Waals surface area contributed by atoms with Crippen molar-refractivity contribution in [2.24, 2.45) is 0 Å². The number of anilines is 1. The van der Waals surface area contributed by atoms with Gasteiger partial charge < -0.3 is 10.2 Å². The molecule has 0 aliphatic heterocycles. The molecule has 2 N–H and O–H groups in total. The molecular formula is C10H6N6O. The summed E-state index contributed by atoms with van der Waals surface area (Å²) < 4.78 is 6.75. The van der Waals surface area contributed by atoms with E-state index in [9.17, 15) is 0 Å². The van der Waals surface area contributed by atoms with Gasteiger partial charge in [0.25, 0.3) is 5.82 Å². The second kappa shape index (κ2) is 3.31. The van der Waals surface area contributed by atoms with Crippen molar-refractivity contribution in [3.63, 3.8) is 0 Å². The van der Waals surface area contributed by atoms with Gasteiger partial charge in [-0.3, -0.25) is 0 Å². The minimum absolute atomic E-state index is 0.0618. The summed E-state index contributed by atoms with van der Waals surface area (Å²) in [6.45, 7) is 0. The lowest BCUT2D eigenvalue weighted by Gasteiger charge is -1.89. The van der Waals surface area contributed by atoms with Crippen molar-refractivity contribution in [2.45, 2.75) is 0 Å². The first-order valence-electron chi connectivity index (χ1n) is 4.74. The molecule has 2 aromatic heterocycles. The summed E-state index contributed by atoms with van der Waals surface area (Å²) in [5.41, 5.74) is 7.46. The molecule has 0 saturated heterocycles. The molecule has 3 rings (SSSR count). The third kappa shape index (κ3) is 1.48. The lowest BCUT2D eigenvalue weighted by atomic mass is 10.3. The van der Waals surface area contributed by atoms with E-state index in [-0.39, 0.29) is 11.8 Å². The number of nitrogens with zero attached hydrogens (tertiary/aromatic N) is 5. The van der Waals surface area contributed by atoms with Crippen molar-refractivity contribution >= 4 is 16.8 Å². The Morgan fingerprint density at radius 3 is 3.06 bits per heavy atom. The largest absolute Gasteiger partial charge is 0.422 e. The average Bonchev–Trinajstić information content (AvgIpc) is 2.93. The number of nitrogens with two attached hydrogens (primary N) is 1. The number of rotatable bonds is 1. The van der Waals surface area contributed by atoms with Gasteiger partial charge in [0.1, 0.15) is 17.9 Å². The summed E-state index contributed by atoms with van der Waals surface area (Å²) in [5, 5.41) is 12.5. The Labute approximate surface area is 95.1 Å². The molecule has 0 saturated carbocycles. The van der Waals surface area contributed by atoms with Gasteiger partial charge in [-0.1, -0.05) is 0 Å². The molecule has 7 nitrogen and oxygen atoms in total. The van der Waals surface area contributed by atoms with E-state index in [0.29, 0.717) is 16.8 Å². The van der Waals surface area contributed by atoms with Crippen LogP contribution >= 0.6 is 0 Å². The maximum Gasteiger partial charge on any atom is 0.325 e. The fourth-order valence-corrected chi connectivity index (χ4v) is 1.43. The second-order valence-corrected chi connectivity index (χ2v) is 3.35. The van der Waals surface area contributed by atoms with Crippen molar-refractivity contribution in [1.29, 1.82) is 5.26 Å². The fourth-order valence-electron chi connectivity index (χ4n) is 1.43. The lowest BCUT2D eigenvalue weighted by molar-refractivity contribution is 0.542. The highest BCUT2D eigenvalue weighted by Gasteiger charge is 2.09. The highest BCUT2D eigenvalue weighted by atomic mass is 16.4. The Morgan fingerprint density at radius 1 is 1.41 bits per heavy atom. The van der Waals surface area contributed by atoms with Gasteiger partial charge >= 0.3 is 6.01 Å². The van der Waals surface area contributed by atoms with Crippen LogP contribution in [0.2, 0.25) is 0 Å². The highest BCUT2D eigenvalue weighted by Crippen LogP contribution is 2.19. The van der Waals surface area contributed by atoms with Gasteiger partial charge in [0.05, 0.1) is 0 Å². The molecular weight excluding hydrogens is 220 g/mol. The van der Waals surface area contributed by atoms with E-state index in [1.54, 1.807) is 18.2 Å². The Morgan fingerprint density at radius 2 is 2.29 bits per heavy atom. The predicted octanol–water partition coefficient (Wildman–Crippen LogP) is 0.862. The highest BCUT2D eigenvalue weighted by molar-refractivity contribution is 5.77. The molecule has 7 heteroatoms. The average molecular weight is 226 g/mol. The normalized spacial score (nSPS) is 10.5. The van der Waals surface area contributed by atoms with Crippen LogP contribution in [-0.4, -0.2) is 19.7 Å². The number of benzene rings is 1. The van der Waals surface area contributed by atoms with E-state index in [4.69, 9.17) is 15.4 Å². The molecule has 1 aromatic carbocycles. The number of aromatic nitrogens is 4. The van der Waals surface area contributed by atoms with Crippen LogP contribution in [0.3, 0.4) is 0 Å². The summed E-state index contributed by atoms with van der Waals surface area (Å²) in [6.07, 6.45) is 1.37. The van der Waals surface area contributed by atoms with E-state index < -0.39 is 0 Å². The van der Waals surface area contributed by atoms with Crippen LogP contribution in [0.4, 0.5) is 5.69 Å². The van der Waals surface area contributed by atoms with Gasteiger partial charge in [0.2, 0.25) is 0 Å². The molecule has 0 bridgehead atoms. The molecule has 0 radical (unpaired) electrons. The first-order chi connectivity index (χ1) is 8.26. The first-order valence-corrected chi connectivity index (χ1v) is 4.74. The maximum atomic E-state index is 8.62. The van der Waals surface area contributed by atoms with Crippen LogP contribution in [-0.2, 0) is 0 Å². The fraction of sp³-hybridized carbons (Fsp3) is 0. The summed E-state index contributed by atoms with van der Waals surface area (Å²) in [6, 6.07) is 7.23. The van der Waals surface area contributed by atoms with Gasteiger partial charge in [0.15, 0.2) is 5.58 Å². The molecule has 0 amide bonds. The van der Waals surface area contributed by atoms with Crippen LogP contribution in [0.5, 0.6) is 0 Å². The molecule has 2 heterocycles. The third-order valence-corrected chi connectivity index (χ3v) is 2.19. The number of hydrogen-bond acceptors (Lipinski definition) is 6. The van der Waals surface area contributed by atoms with Crippen LogP contribution in [0.1, 0.15) is 5.82 Å². The molecule has 0 spiro atoms. The van der Waals surface area contributed by atoms with Gasteiger partial charge in [-0.25, -0.2) is 4.98 Å². The number of nitrogen functional groups attached to an aromatic ring is 1. The number of nitriles is 1. The van der Waals surface area contributed by atoms with Gasteiger partial charge in [0, 0.05) is 11.8 Å². The first kappa shape index (κ1) is 9.35. The van der Waals surface area contributed by atoms with Gasteiger partial charge in [-0.05, 0) is 12.1 Å². The zero-order valence-corrected chi connectivity index (χ0v) is 8.53. The Bertz CT molecular complexity index is 735. The Balaban J connectivity index is 2.15. The molecule has 82 valence electrons. The van der Waals surface area contributed by atoms with E-state index in [1.807, 2.05) is 6.07 Å². The number of oxazole rings is 1. The van der Waals surface area contributed by atoms with Crippen LogP contribution < -0.4 is 5.73 Å². The van der Waals surface area contributed by atoms with E-state index >= 15 is 0 Å².